The maximum atomic E-state index is 15.1. The van der Waals surface area contributed by atoms with Gasteiger partial charge in [0.05, 0.1) is 10.3 Å². The molecule has 0 saturated heterocycles. The minimum absolute atomic E-state index is 0.0913. The number of benzene rings is 2. The number of nitrogens with one attached hydrogen (secondary N) is 1. The van der Waals surface area contributed by atoms with Gasteiger partial charge in [0.25, 0.3) is 10.0 Å². The van der Waals surface area contributed by atoms with Crippen molar-refractivity contribution in [3.63, 3.8) is 0 Å². The molecular formula is C21H22FNO3S. The van der Waals surface area contributed by atoms with E-state index in [0.717, 1.165) is 11.8 Å². The predicted octanol–water partition coefficient (Wildman–Crippen LogP) is 3.95. The average Bonchev–Trinajstić information content (AvgIpc) is 2.58. The molecule has 2 atom stereocenters. The third kappa shape index (κ3) is 2.68. The molecule has 0 aliphatic heterocycles. The molecule has 142 valence electrons. The molecule has 2 aromatic rings. The molecule has 0 radical (unpaired) electrons. The molecule has 2 unspecified atom stereocenters. The molecule has 2 aromatic carbocycles. The van der Waals surface area contributed by atoms with Gasteiger partial charge >= 0.3 is 0 Å². The smallest absolute Gasteiger partial charge is 0.264 e. The maximum Gasteiger partial charge on any atom is 0.264 e. The van der Waals surface area contributed by atoms with Crippen molar-refractivity contribution >= 4 is 26.7 Å². The van der Waals surface area contributed by atoms with Crippen LogP contribution in [0.4, 0.5) is 4.39 Å². The van der Waals surface area contributed by atoms with Gasteiger partial charge in [0.2, 0.25) is 5.91 Å². The molecule has 27 heavy (non-hydrogen) atoms. The lowest BCUT2D eigenvalue weighted by Gasteiger charge is -2.58. The summed E-state index contributed by atoms with van der Waals surface area (Å²) < 4.78 is 43.4. The summed E-state index contributed by atoms with van der Waals surface area (Å²) in [6.45, 7) is 0. The van der Waals surface area contributed by atoms with Crippen LogP contribution in [0.3, 0.4) is 0 Å². The van der Waals surface area contributed by atoms with Crippen LogP contribution in [-0.2, 0) is 14.8 Å². The molecule has 0 aromatic heterocycles. The predicted molar refractivity (Wildman–Crippen MR) is 100 cm³/mol. The first-order valence-corrected chi connectivity index (χ1v) is 11.0. The number of carbonyl (C=O) groups excluding carboxylic acids is 1. The summed E-state index contributed by atoms with van der Waals surface area (Å²) in [4.78, 5) is 13.2. The molecule has 1 amide bonds. The van der Waals surface area contributed by atoms with Gasteiger partial charge < -0.3 is 0 Å². The number of halogens is 1. The van der Waals surface area contributed by atoms with Crippen molar-refractivity contribution < 1.29 is 17.6 Å². The first kappa shape index (κ1) is 17.2. The summed E-state index contributed by atoms with van der Waals surface area (Å²) >= 11 is 0. The highest BCUT2D eigenvalue weighted by atomic mass is 32.2. The molecule has 4 aliphatic carbocycles. The molecule has 4 saturated carbocycles. The van der Waals surface area contributed by atoms with Gasteiger partial charge in [-0.15, -0.1) is 0 Å². The first-order valence-electron chi connectivity index (χ1n) is 9.53. The van der Waals surface area contributed by atoms with Gasteiger partial charge in [0, 0.05) is 5.39 Å². The number of rotatable bonds is 3. The fourth-order valence-electron chi connectivity index (χ4n) is 6.13. The number of hydrogen-bond acceptors (Lipinski definition) is 3. The molecule has 4 fully saturated rings. The van der Waals surface area contributed by atoms with Crippen molar-refractivity contribution in [2.75, 3.05) is 0 Å². The number of amides is 1. The van der Waals surface area contributed by atoms with Crippen LogP contribution in [0.5, 0.6) is 0 Å². The molecule has 6 heteroatoms. The van der Waals surface area contributed by atoms with E-state index in [1.807, 2.05) is 18.2 Å². The number of fused-ring (bicyclic) bond motifs is 1. The van der Waals surface area contributed by atoms with Crippen molar-refractivity contribution in [3.05, 3.63) is 42.5 Å². The second-order valence-electron chi connectivity index (χ2n) is 8.80. The number of sulfonamides is 1. The Hall–Kier alpha value is -1.95. The standard InChI is InChI=1S/C21H22FNO3S/c22-21-11-14-8-15(12-21)10-20(9-14,13-21)19(24)23-27(25,26)18-7-3-5-16-4-1-2-6-17(16)18/h1-7,14-15H,8-13H2,(H,23,24). The highest BCUT2D eigenvalue weighted by Gasteiger charge is 2.61. The first-order chi connectivity index (χ1) is 12.8. The normalized spacial score (nSPS) is 34.7. The zero-order chi connectivity index (χ0) is 18.9. The Balaban J connectivity index is 1.49. The Bertz CT molecular complexity index is 1030. The second-order valence-corrected chi connectivity index (χ2v) is 10.5. The summed E-state index contributed by atoms with van der Waals surface area (Å²) in [5.41, 5.74) is -2.18. The zero-order valence-electron chi connectivity index (χ0n) is 14.9. The van der Waals surface area contributed by atoms with E-state index in [1.165, 1.54) is 6.07 Å². The van der Waals surface area contributed by atoms with Gasteiger partial charge in [-0.2, -0.15) is 0 Å². The minimum atomic E-state index is -4.02. The molecular weight excluding hydrogens is 365 g/mol. The van der Waals surface area contributed by atoms with Crippen LogP contribution in [0, 0.1) is 17.3 Å². The van der Waals surface area contributed by atoms with Crippen LogP contribution in [0.2, 0.25) is 0 Å². The largest absolute Gasteiger partial charge is 0.273 e. The lowest BCUT2D eigenvalue weighted by atomic mass is 9.48. The third-order valence-corrected chi connectivity index (χ3v) is 8.13. The van der Waals surface area contributed by atoms with E-state index >= 15 is 4.39 Å². The van der Waals surface area contributed by atoms with Crippen molar-refractivity contribution in [3.8, 4) is 0 Å². The van der Waals surface area contributed by atoms with E-state index in [1.54, 1.807) is 18.2 Å². The van der Waals surface area contributed by atoms with Crippen molar-refractivity contribution in [1.29, 1.82) is 0 Å². The summed E-state index contributed by atoms with van der Waals surface area (Å²) in [5, 5.41) is 1.37. The fraction of sp³-hybridized carbons (Fsp3) is 0.476. The van der Waals surface area contributed by atoms with Crippen LogP contribution in [0.15, 0.2) is 47.4 Å². The molecule has 4 aliphatic rings. The molecule has 0 heterocycles. The number of alkyl halides is 1. The molecule has 1 N–H and O–H groups in total. The van der Waals surface area contributed by atoms with Crippen LogP contribution >= 0.6 is 0 Å². The van der Waals surface area contributed by atoms with Crippen molar-refractivity contribution in [2.24, 2.45) is 17.3 Å². The minimum Gasteiger partial charge on any atom is -0.273 e. The Morgan fingerprint density at radius 3 is 2.37 bits per heavy atom. The van der Waals surface area contributed by atoms with E-state index in [0.29, 0.717) is 31.1 Å². The van der Waals surface area contributed by atoms with E-state index in [4.69, 9.17) is 0 Å². The van der Waals surface area contributed by atoms with Crippen LogP contribution in [0.1, 0.15) is 38.5 Å². The van der Waals surface area contributed by atoms with Gasteiger partial charge in [0.15, 0.2) is 0 Å². The lowest BCUT2D eigenvalue weighted by molar-refractivity contribution is -0.158. The van der Waals surface area contributed by atoms with Gasteiger partial charge in [-0.25, -0.2) is 17.5 Å². The van der Waals surface area contributed by atoms with Crippen molar-refractivity contribution in [2.45, 2.75) is 49.1 Å². The third-order valence-electron chi connectivity index (χ3n) is 6.74. The molecule has 4 nitrogen and oxygen atoms in total. The highest BCUT2D eigenvalue weighted by Crippen LogP contribution is 2.63. The van der Waals surface area contributed by atoms with Crippen LogP contribution < -0.4 is 4.72 Å². The summed E-state index contributed by atoms with van der Waals surface area (Å²) in [5.74, 6) is -0.129. The molecule has 0 spiro atoms. The van der Waals surface area contributed by atoms with E-state index in [-0.39, 0.29) is 23.2 Å². The molecule has 4 bridgehead atoms. The zero-order valence-corrected chi connectivity index (χ0v) is 15.8. The average molecular weight is 387 g/mol. The summed E-state index contributed by atoms with van der Waals surface area (Å²) in [6, 6.07) is 12.2. The SMILES string of the molecule is O=C(NS(=O)(=O)c1cccc2ccccc12)C12CC3CC(CC(F)(C3)C1)C2. The second kappa shape index (κ2) is 5.53. The van der Waals surface area contributed by atoms with E-state index in [9.17, 15) is 13.2 Å². The van der Waals surface area contributed by atoms with Gasteiger partial charge in [0.1, 0.15) is 5.67 Å². The topological polar surface area (TPSA) is 63.2 Å². The van der Waals surface area contributed by atoms with Crippen LogP contribution in [0.25, 0.3) is 10.8 Å². The monoisotopic (exact) mass is 387 g/mol. The fourth-order valence-corrected chi connectivity index (χ4v) is 7.44. The maximum absolute atomic E-state index is 15.1. The van der Waals surface area contributed by atoms with E-state index in [2.05, 4.69) is 4.72 Å². The Labute approximate surface area is 158 Å². The quantitative estimate of drug-likeness (QED) is 0.867. The van der Waals surface area contributed by atoms with E-state index < -0.39 is 27.0 Å². The Kier molecular flexibility index (Phi) is 3.52. The van der Waals surface area contributed by atoms with Gasteiger partial charge in [-0.05, 0) is 61.8 Å². The number of carbonyl (C=O) groups is 1. The molecule has 6 rings (SSSR count). The van der Waals surface area contributed by atoms with Crippen molar-refractivity contribution in [1.82, 2.24) is 4.72 Å². The number of hydrogen-bond donors (Lipinski definition) is 1. The van der Waals surface area contributed by atoms with Gasteiger partial charge in [-0.1, -0.05) is 36.4 Å². The van der Waals surface area contributed by atoms with Crippen LogP contribution in [-0.4, -0.2) is 20.0 Å². The summed E-state index contributed by atoms with van der Waals surface area (Å²) in [6.07, 6.45) is 3.38. The Morgan fingerprint density at radius 2 is 1.67 bits per heavy atom. The summed E-state index contributed by atoms with van der Waals surface area (Å²) in [7, 11) is -4.02. The lowest BCUT2D eigenvalue weighted by Crippen LogP contribution is -2.59. The highest BCUT2D eigenvalue weighted by molar-refractivity contribution is 7.90. The Morgan fingerprint density at radius 1 is 1.00 bits per heavy atom. The van der Waals surface area contributed by atoms with Gasteiger partial charge in [-0.3, -0.25) is 4.79 Å².